The van der Waals surface area contributed by atoms with E-state index in [1.165, 1.54) is 4.31 Å². The van der Waals surface area contributed by atoms with Crippen molar-refractivity contribution < 1.29 is 4.21 Å². The zero-order valence-corrected chi connectivity index (χ0v) is 15.2. The summed E-state index contributed by atoms with van der Waals surface area (Å²) in [6, 6.07) is 11.6. The molecule has 5 nitrogen and oxygen atoms in total. The van der Waals surface area contributed by atoms with Crippen molar-refractivity contribution >= 4 is 32.9 Å². The predicted octanol–water partition coefficient (Wildman–Crippen LogP) is 2.39. The van der Waals surface area contributed by atoms with E-state index in [0.717, 1.165) is 16.0 Å². The lowest BCUT2D eigenvalue weighted by molar-refractivity contribution is 0.522. The van der Waals surface area contributed by atoms with Gasteiger partial charge < -0.3 is 5.73 Å². The Bertz CT molecular complexity index is 968. The standard InChI is InChI=1S/C17H18N4OS2/c1-17(11-24(3,22)21(2)16(19)20-17)15-8-14(10-23-15)13-6-4-5-12(7-13)9-18/h4-8,10H,3,11H2,1-2H3,(H2,19,20)/t17-,24?/m0/s1. The van der Waals surface area contributed by atoms with E-state index < -0.39 is 15.2 Å². The highest BCUT2D eigenvalue weighted by atomic mass is 32.2. The molecule has 0 saturated heterocycles. The van der Waals surface area contributed by atoms with Crippen molar-refractivity contribution in [1.82, 2.24) is 4.31 Å². The Hall–Kier alpha value is -2.30. The summed E-state index contributed by atoms with van der Waals surface area (Å²) in [6.07, 6.45) is 0. The van der Waals surface area contributed by atoms with Crippen LogP contribution in [0.2, 0.25) is 0 Å². The van der Waals surface area contributed by atoms with Gasteiger partial charge in [-0.1, -0.05) is 12.1 Å². The van der Waals surface area contributed by atoms with Crippen molar-refractivity contribution in [3.63, 3.8) is 0 Å². The molecule has 0 radical (unpaired) electrons. The van der Waals surface area contributed by atoms with Gasteiger partial charge in [0, 0.05) is 11.9 Å². The molecule has 7 heteroatoms. The van der Waals surface area contributed by atoms with Crippen molar-refractivity contribution in [3.8, 4) is 17.2 Å². The van der Waals surface area contributed by atoms with Crippen LogP contribution in [0.3, 0.4) is 0 Å². The zero-order chi connectivity index (χ0) is 17.5. The fourth-order valence-electron chi connectivity index (χ4n) is 2.73. The van der Waals surface area contributed by atoms with Crippen LogP contribution in [0.1, 0.15) is 17.4 Å². The molecule has 2 atom stereocenters. The van der Waals surface area contributed by atoms with Crippen LogP contribution in [0, 0.1) is 11.3 Å². The van der Waals surface area contributed by atoms with E-state index in [4.69, 9.17) is 11.0 Å². The van der Waals surface area contributed by atoms with Gasteiger partial charge in [-0.3, -0.25) is 4.31 Å². The first-order valence-corrected chi connectivity index (χ1v) is 10.0. The number of guanidine groups is 1. The van der Waals surface area contributed by atoms with Crippen molar-refractivity contribution in [2.75, 3.05) is 12.8 Å². The molecule has 124 valence electrons. The highest BCUT2D eigenvalue weighted by molar-refractivity contribution is 7.98. The minimum Gasteiger partial charge on any atom is -0.369 e. The lowest BCUT2D eigenvalue weighted by Gasteiger charge is -2.36. The quantitative estimate of drug-likeness (QED) is 0.837. The van der Waals surface area contributed by atoms with Crippen molar-refractivity contribution in [3.05, 3.63) is 46.2 Å². The lowest BCUT2D eigenvalue weighted by atomic mass is 10.0. The molecule has 0 aliphatic carbocycles. The minimum absolute atomic E-state index is 0.241. The average molecular weight is 358 g/mol. The van der Waals surface area contributed by atoms with E-state index in [1.54, 1.807) is 24.5 Å². The molecule has 1 aromatic heterocycles. The molecule has 2 heterocycles. The van der Waals surface area contributed by atoms with Crippen LogP contribution < -0.4 is 5.73 Å². The Labute approximate surface area is 146 Å². The van der Waals surface area contributed by atoms with Gasteiger partial charge in [-0.25, -0.2) is 9.20 Å². The molecule has 0 saturated carbocycles. The third kappa shape index (κ3) is 2.79. The molecule has 2 aromatic rings. The summed E-state index contributed by atoms with van der Waals surface area (Å²) in [5.74, 6) is 4.39. The normalized spacial score (nSPS) is 26.7. The number of nitrogens with two attached hydrogens (primary N) is 1. The molecule has 0 fully saturated rings. The monoisotopic (exact) mass is 358 g/mol. The summed E-state index contributed by atoms with van der Waals surface area (Å²) in [5, 5.41) is 11.1. The van der Waals surface area contributed by atoms with Gasteiger partial charge in [0.2, 0.25) is 5.96 Å². The molecule has 2 N–H and O–H groups in total. The summed E-state index contributed by atoms with van der Waals surface area (Å²) in [7, 11) is -0.838. The average Bonchev–Trinajstić information content (AvgIpc) is 3.03. The third-order valence-electron chi connectivity index (χ3n) is 4.14. The zero-order valence-electron chi connectivity index (χ0n) is 13.5. The van der Waals surface area contributed by atoms with Crippen LogP contribution >= 0.6 is 11.3 Å². The third-order valence-corrected chi connectivity index (χ3v) is 7.53. The van der Waals surface area contributed by atoms with Gasteiger partial charge >= 0.3 is 0 Å². The molecule has 0 amide bonds. The van der Waals surface area contributed by atoms with Gasteiger partial charge in [-0.15, -0.1) is 11.3 Å². The molecule has 1 aromatic carbocycles. The summed E-state index contributed by atoms with van der Waals surface area (Å²) >= 11 is 1.55. The second-order valence-corrected chi connectivity index (χ2v) is 9.34. The maximum absolute atomic E-state index is 12.7. The number of hydrogen-bond donors (Lipinski definition) is 1. The van der Waals surface area contributed by atoms with Crippen LogP contribution in [-0.4, -0.2) is 33.1 Å². The number of thiophene rings is 1. The van der Waals surface area contributed by atoms with Crippen molar-refractivity contribution in [1.29, 1.82) is 5.26 Å². The topological polar surface area (TPSA) is 82.5 Å². The van der Waals surface area contributed by atoms with E-state index >= 15 is 0 Å². The number of benzene rings is 1. The summed E-state index contributed by atoms with van der Waals surface area (Å²) < 4.78 is 14.2. The maximum atomic E-state index is 12.7. The fraction of sp³-hybridized carbons (Fsp3) is 0.235. The number of aliphatic imine (C=N–C) groups is 1. The van der Waals surface area contributed by atoms with Crippen LogP contribution in [0.4, 0.5) is 0 Å². The first kappa shape index (κ1) is 16.6. The lowest BCUT2D eigenvalue weighted by Crippen LogP contribution is -2.50. The van der Waals surface area contributed by atoms with E-state index in [0.29, 0.717) is 11.3 Å². The smallest absolute Gasteiger partial charge is 0.203 e. The second-order valence-electron chi connectivity index (χ2n) is 6.05. The number of hydrogen-bond acceptors (Lipinski definition) is 5. The van der Waals surface area contributed by atoms with E-state index in [2.05, 4.69) is 16.9 Å². The Balaban J connectivity index is 2.03. The molecule has 24 heavy (non-hydrogen) atoms. The highest BCUT2D eigenvalue weighted by Gasteiger charge is 2.37. The van der Waals surface area contributed by atoms with Gasteiger partial charge in [0.25, 0.3) is 0 Å². The second kappa shape index (κ2) is 5.65. The molecule has 1 aliphatic rings. The molecular weight excluding hydrogens is 340 g/mol. The van der Waals surface area contributed by atoms with Crippen LogP contribution in [0.15, 0.2) is 40.7 Å². The van der Waals surface area contributed by atoms with E-state index in [9.17, 15) is 4.21 Å². The molecule has 0 spiro atoms. The van der Waals surface area contributed by atoms with Crippen molar-refractivity contribution in [2.45, 2.75) is 12.5 Å². The Kier molecular flexibility index (Phi) is 3.90. The van der Waals surface area contributed by atoms with Gasteiger partial charge in [0.15, 0.2) is 0 Å². The van der Waals surface area contributed by atoms with Crippen LogP contribution in [0.25, 0.3) is 11.1 Å². The van der Waals surface area contributed by atoms with Gasteiger partial charge in [-0.05, 0) is 47.5 Å². The number of rotatable bonds is 2. The molecule has 1 aliphatic heterocycles. The van der Waals surface area contributed by atoms with Gasteiger partial charge in [0.05, 0.1) is 27.1 Å². The number of nitrogens with zero attached hydrogens (tertiary/aromatic N) is 3. The van der Waals surface area contributed by atoms with Gasteiger partial charge in [-0.2, -0.15) is 5.26 Å². The minimum atomic E-state index is -2.49. The summed E-state index contributed by atoms with van der Waals surface area (Å²) in [5.41, 5.74) is 7.89. The summed E-state index contributed by atoms with van der Waals surface area (Å²) in [6.45, 7) is 1.93. The maximum Gasteiger partial charge on any atom is 0.203 e. The Morgan fingerprint density at radius 3 is 2.88 bits per heavy atom. The van der Waals surface area contributed by atoms with E-state index in [-0.39, 0.29) is 5.96 Å². The molecule has 3 rings (SSSR count). The molecule has 0 bridgehead atoms. The molecule has 1 unspecified atom stereocenters. The van der Waals surface area contributed by atoms with Crippen LogP contribution in [-0.2, 0) is 15.2 Å². The largest absolute Gasteiger partial charge is 0.369 e. The van der Waals surface area contributed by atoms with E-state index in [1.807, 2.05) is 36.6 Å². The Morgan fingerprint density at radius 2 is 2.21 bits per heavy atom. The fourth-order valence-corrected chi connectivity index (χ4v) is 5.52. The molecular formula is C17H18N4OS2. The first-order chi connectivity index (χ1) is 11.2. The van der Waals surface area contributed by atoms with Crippen LogP contribution in [0.5, 0.6) is 0 Å². The SMILES string of the molecule is C=S1(=O)C[C@@](C)(c2cc(-c3cccc(C#N)c3)cs2)N=C(N)N1C. The highest BCUT2D eigenvalue weighted by Crippen LogP contribution is 2.38. The number of nitriles is 1. The van der Waals surface area contributed by atoms with Gasteiger partial charge in [0.1, 0.15) is 5.54 Å². The first-order valence-electron chi connectivity index (χ1n) is 7.29. The predicted molar refractivity (Wildman–Crippen MR) is 101 cm³/mol. The Morgan fingerprint density at radius 1 is 1.46 bits per heavy atom. The summed E-state index contributed by atoms with van der Waals surface area (Å²) in [4.78, 5) is 5.54. The van der Waals surface area contributed by atoms with Crippen molar-refractivity contribution in [2.24, 2.45) is 10.7 Å².